The van der Waals surface area contributed by atoms with E-state index in [0.29, 0.717) is 17.7 Å². The second kappa shape index (κ2) is 7.32. The van der Waals surface area contributed by atoms with Crippen LogP contribution >= 0.6 is 0 Å². The third-order valence-corrected chi connectivity index (χ3v) is 7.06. The van der Waals surface area contributed by atoms with Gasteiger partial charge in [-0.25, -0.2) is 0 Å². The van der Waals surface area contributed by atoms with Crippen LogP contribution in [0.4, 0.5) is 11.4 Å². The van der Waals surface area contributed by atoms with Gasteiger partial charge in [0.15, 0.2) is 11.4 Å². The van der Waals surface area contributed by atoms with E-state index in [2.05, 4.69) is 0 Å². The van der Waals surface area contributed by atoms with Gasteiger partial charge in [0.05, 0.1) is 6.04 Å². The largest absolute Gasteiger partial charge is 0.508 e. The van der Waals surface area contributed by atoms with Crippen LogP contribution in [0, 0.1) is 11.8 Å². The van der Waals surface area contributed by atoms with Crippen molar-refractivity contribution in [3.05, 3.63) is 40.2 Å². The predicted molar refractivity (Wildman–Crippen MR) is 121 cm³/mol. The number of Topliss-reactive ketones (excluding diaryl/α,β-unsaturated/α-hetero) is 2. The lowest BCUT2D eigenvalue weighted by Crippen LogP contribution is -2.65. The van der Waals surface area contributed by atoms with Gasteiger partial charge in [-0.15, -0.1) is 0 Å². The van der Waals surface area contributed by atoms with Crippen LogP contribution in [0.3, 0.4) is 0 Å². The van der Waals surface area contributed by atoms with Crippen molar-refractivity contribution >= 4 is 34.6 Å². The highest BCUT2D eigenvalue weighted by Gasteiger charge is 2.64. The summed E-state index contributed by atoms with van der Waals surface area (Å²) in [6, 6.07) is 2.27. The van der Waals surface area contributed by atoms with Crippen LogP contribution in [0.2, 0.25) is 0 Å². The van der Waals surface area contributed by atoms with E-state index in [1.165, 1.54) is 4.90 Å². The zero-order valence-electron chi connectivity index (χ0n) is 18.9. The van der Waals surface area contributed by atoms with Gasteiger partial charge in [-0.1, -0.05) is 0 Å². The third kappa shape index (κ3) is 2.97. The molecule has 0 aromatic heterocycles. The number of nitrogens with zero attached hydrogens (tertiary/aromatic N) is 2. The average molecular weight is 456 g/mol. The standard InChI is InChI=1S/C23H28N4O6/c1-26(2)14-8-10(24)7-12-11(14)5-9-6-13-17(27(3)4)19(29)16(22(25)32)21(31)23(13,33)20(30)15(9)18(12)28/h7-9,13,17,28,31,33H,5-6,24H2,1-4H3,(H2,25,32)/t9?,13?,17?,23-/m0/s1. The Morgan fingerprint density at radius 3 is 2.33 bits per heavy atom. The minimum Gasteiger partial charge on any atom is -0.508 e. The molecule has 1 amide bonds. The number of amides is 1. The number of aliphatic hydroxyl groups is 3. The molecule has 1 fully saturated rings. The number of ketones is 2. The van der Waals surface area contributed by atoms with Crippen molar-refractivity contribution in [3.63, 3.8) is 0 Å². The summed E-state index contributed by atoms with van der Waals surface area (Å²) in [6.07, 6.45) is 0.478. The predicted octanol–water partition coefficient (Wildman–Crippen LogP) is -0.0934. The van der Waals surface area contributed by atoms with E-state index in [1.807, 2.05) is 19.0 Å². The van der Waals surface area contributed by atoms with E-state index < -0.39 is 52.3 Å². The Morgan fingerprint density at radius 1 is 1.15 bits per heavy atom. The first-order valence-corrected chi connectivity index (χ1v) is 10.6. The zero-order valence-corrected chi connectivity index (χ0v) is 18.9. The van der Waals surface area contributed by atoms with Crippen molar-refractivity contribution < 1.29 is 29.7 Å². The molecule has 176 valence electrons. The summed E-state index contributed by atoms with van der Waals surface area (Å²) in [7, 11) is 6.85. The van der Waals surface area contributed by atoms with Crippen molar-refractivity contribution in [2.24, 2.45) is 17.6 Å². The molecule has 1 aromatic carbocycles. The van der Waals surface area contributed by atoms with Gasteiger partial charge in [0.1, 0.15) is 17.1 Å². The number of fused-ring (bicyclic) bond motifs is 3. The molecule has 4 rings (SSSR count). The Morgan fingerprint density at radius 2 is 1.79 bits per heavy atom. The van der Waals surface area contributed by atoms with Crippen LogP contribution in [0.5, 0.6) is 0 Å². The van der Waals surface area contributed by atoms with Gasteiger partial charge in [0.25, 0.3) is 5.91 Å². The van der Waals surface area contributed by atoms with Gasteiger partial charge < -0.3 is 31.7 Å². The summed E-state index contributed by atoms with van der Waals surface area (Å²) < 4.78 is 0. The maximum absolute atomic E-state index is 13.7. The van der Waals surface area contributed by atoms with Crippen molar-refractivity contribution in [3.8, 4) is 0 Å². The molecule has 0 aliphatic heterocycles. The number of carbonyl (C=O) groups excluding carboxylic acids is 3. The zero-order chi connectivity index (χ0) is 24.6. The number of hydrogen-bond acceptors (Lipinski definition) is 9. The number of nitrogens with two attached hydrogens (primary N) is 2. The molecule has 0 spiro atoms. The van der Waals surface area contributed by atoms with Gasteiger partial charge in [-0.05, 0) is 50.6 Å². The van der Waals surface area contributed by atoms with Gasteiger partial charge >= 0.3 is 0 Å². The minimum absolute atomic E-state index is 0.0567. The Hall–Kier alpha value is -3.37. The number of likely N-dealkylation sites (N-methyl/N-ethyl adjacent to an activating group) is 1. The topological polar surface area (TPSA) is 170 Å². The number of carbonyl (C=O) groups is 3. The lowest BCUT2D eigenvalue weighted by atomic mass is 9.57. The van der Waals surface area contributed by atoms with Crippen LogP contribution in [0.25, 0.3) is 5.76 Å². The Labute approximate surface area is 190 Å². The van der Waals surface area contributed by atoms with E-state index >= 15 is 0 Å². The summed E-state index contributed by atoms with van der Waals surface area (Å²) in [5.74, 6) is -5.88. The van der Waals surface area contributed by atoms with Crippen molar-refractivity contribution in [2.45, 2.75) is 24.5 Å². The first kappa shape index (κ1) is 22.8. The van der Waals surface area contributed by atoms with E-state index in [9.17, 15) is 29.7 Å². The van der Waals surface area contributed by atoms with Gasteiger partial charge in [-0.3, -0.25) is 19.3 Å². The summed E-state index contributed by atoms with van der Waals surface area (Å²) in [5.41, 5.74) is 10.2. The fraction of sp³-hybridized carbons (Fsp3) is 0.435. The number of benzene rings is 1. The summed E-state index contributed by atoms with van der Waals surface area (Å²) >= 11 is 0. The van der Waals surface area contributed by atoms with Gasteiger partial charge in [0.2, 0.25) is 5.78 Å². The molecule has 0 radical (unpaired) electrons. The second-order valence-electron chi connectivity index (χ2n) is 9.42. The molecule has 4 atom stereocenters. The number of rotatable bonds is 3. The van der Waals surface area contributed by atoms with E-state index in [-0.39, 0.29) is 17.8 Å². The molecule has 0 saturated heterocycles. The van der Waals surface area contributed by atoms with Crippen LogP contribution in [0.1, 0.15) is 17.5 Å². The SMILES string of the molecule is CN(C)c1cc(N)cc2c1CC1CC3C(N(C)C)C(=O)C(C(N)=O)=C(O)[C@@]3(O)C(=O)C1=C2O. The summed E-state index contributed by atoms with van der Waals surface area (Å²) in [6.45, 7) is 0. The monoisotopic (exact) mass is 456 g/mol. The van der Waals surface area contributed by atoms with E-state index in [1.54, 1.807) is 26.2 Å². The van der Waals surface area contributed by atoms with Crippen LogP contribution in [0.15, 0.2) is 29.0 Å². The normalized spacial score (nSPS) is 29.1. The Kier molecular flexibility index (Phi) is 5.06. The van der Waals surface area contributed by atoms with Gasteiger partial charge in [0, 0.05) is 42.5 Å². The number of aliphatic hydroxyl groups excluding tert-OH is 2. The van der Waals surface area contributed by atoms with Crippen LogP contribution < -0.4 is 16.4 Å². The van der Waals surface area contributed by atoms with Crippen molar-refractivity contribution in [2.75, 3.05) is 38.8 Å². The molecule has 0 bridgehead atoms. The highest BCUT2D eigenvalue weighted by atomic mass is 16.3. The van der Waals surface area contributed by atoms with E-state index in [4.69, 9.17) is 11.5 Å². The fourth-order valence-corrected chi connectivity index (χ4v) is 5.65. The molecule has 1 aromatic rings. The molecular formula is C23H28N4O6. The molecule has 10 nitrogen and oxygen atoms in total. The van der Waals surface area contributed by atoms with Crippen LogP contribution in [-0.4, -0.2) is 77.5 Å². The quantitative estimate of drug-likeness (QED) is 0.308. The van der Waals surface area contributed by atoms with E-state index in [0.717, 1.165) is 11.3 Å². The maximum Gasteiger partial charge on any atom is 0.255 e. The Bertz CT molecular complexity index is 1170. The second-order valence-corrected chi connectivity index (χ2v) is 9.42. The lowest BCUT2D eigenvalue weighted by molar-refractivity contribution is -0.153. The molecule has 3 aliphatic rings. The molecule has 3 aliphatic carbocycles. The lowest BCUT2D eigenvalue weighted by Gasteiger charge is -2.50. The number of primary amides is 1. The summed E-state index contributed by atoms with van der Waals surface area (Å²) in [4.78, 5) is 42.1. The molecule has 33 heavy (non-hydrogen) atoms. The number of hydrogen-bond donors (Lipinski definition) is 5. The molecule has 1 saturated carbocycles. The molecular weight excluding hydrogens is 428 g/mol. The first-order valence-electron chi connectivity index (χ1n) is 10.6. The van der Waals surface area contributed by atoms with Crippen molar-refractivity contribution in [1.29, 1.82) is 0 Å². The number of nitrogen functional groups attached to an aromatic ring is 1. The first-order chi connectivity index (χ1) is 15.3. The fourth-order valence-electron chi connectivity index (χ4n) is 5.65. The van der Waals surface area contributed by atoms with Crippen molar-refractivity contribution in [1.82, 2.24) is 4.90 Å². The molecule has 0 heterocycles. The average Bonchev–Trinajstić information content (AvgIpc) is 2.70. The van der Waals surface area contributed by atoms with Crippen LogP contribution in [-0.2, 0) is 20.8 Å². The molecule has 3 unspecified atom stereocenters. The highest BCUT2D eigenvalue weighted by Crippen LogP contribution is 2.52. The minimum atomic E-state index is -2.57. The highest BCUT2D eigenvalue weighted by molar-refractivity contribution is 6.24. The summed E-state index contributed by atoms with van der Waals surface area (Å²) in [5, 5.41) is 33.5. The van der Waals surface area contributed by atoms with Gasteiger partial charge in [-0.2, -0.15) is 0 Å². The molecule has 7 N–H and O–H groups in total. The Balaban J connectivity index is 1.98. The maximum atomic E-state index is 13.7. The smallest absolute Gasteiger partial charge is 0.255 e. The molecule has 10 heteroatoms. The third-order valence-electron chi connectivity index (χ3n) is 7.06. The number of anilines is 2.